The summed E-state index contributed by atoms with van der Waals surface area (Å²) in [6, 6.07) is 3.62. The Morgan fingerprint density at radius 3 is 2.79 bits per heavy atom. The molecule has 0 saturated carbocycles. The van der Waals surface area contributed by atoms with Gasteiger partial charge in [-0.15, -0.1) is 0 Å². The molecule has 24 heavy (non-hydrogen) atoms. The molecule has 0 unspecified atom stereocenters. The second-order valence-corrected chi connectivity index (χ2v) is 6.29. The normalized spacial score (nSPS) is 20.2. The van der Waals surface area contributed by atoms with Crippen molar-refractivity contribution in [1.82, 2.24) is 25.3 Å². The molecule has 1 N–H and O–H groups in total. The molecule has 0 radical (unpaired) electrons. The third-order valence-corrected chi connectivity index (χ3v) is 4.47. The van der Waals surface area contributed by atoms with E-state index >= 15 is 0 Å². The molecule has 0 bridgehead atoms. The Morgan fingerprint density at radius 2 is 2.08 bits per heavy atom. The summed E-state index contributed by atoms with van der Waals surface area (Å²) >= 11 is 0. The molecular weight excluding hydrogens is 304 g/mol. The van der Waals surface area contributed by atoms with Crippen molar-refractivity contribution in [1.29, 1.82) is 0 Å². The summed E-state index contributed by atoms with van der Waals surface area (Å²) in [5.41, 5.74) is 0.785. The predicted molar refractivity (Wildman–Crippen MR) is 90.9 cm³/mol. The van der Waals surface area contributed by atoms with Gasteiger partial charge in [-0.1, -0.05) is 0 Å². The first-order valence-corrected chi connectivity index (χ1v) is 8.09. The van der Waals surface area contributed by atoms with Crippen LogP contribution in [-0.2, 0) is 5.54 Å². The van der Waals surface area contributed by atoms with Gasteiger partial charge in [0.2, 0.25) is 0 Å². The van der Waals surface area contributed by atoms with Gasteiger partial charge < -0.3 is 10.2 Å². The highest BCUT2D eigenvalue weighted by molar-refractivity contribution is 5.92. The zero-order valence-electron chi connectivity index (χ0n) is 14.5. The van der Waals surface area contributed by atoms with Crippen LogP contribution in [0.2, 0.25) is 0 Å². The Labute approximate surface area is 141 Å². The molecular formula is C17H22N6O. The molecule has 0 aliphatic carbocycles. The molecule has 3 heterocycles. The zero-order valence-corrected chi connectivity index (χ0v) is 14.5. The lowest BCUT2D eigenvalue weighted by Gasteiger charge is -2.35. The van der Waals surface area contributed by atoms with E-state index in [1.807, 2.05) is 19.9 Å². The first-order chi connectivity index (χ1) is 11.4. The van der Waals surface area contributed by atoms with Gasteiger partial charge in [-0.3, -0.25) is 4.79 Å². The van der Waals surface area contributed by atoms with Gasteiger partial charge in [-0.2, -0.15) is 0 Å². The van der Waals surface area contributed by atoms with Crippen molar-refractivity contribution < 1.29 is 4.79 Å². The third-order valence-electron chi connectivity index (χ3n) is 4.47. The molecule has 1 fully saturated rings. The molecule has 1 amide bonds. The van der Waals surface area contributed by atoms with E-state index < -0.39 is 5.54 Å². The van der Waals surface area contributed by atoms with E-state index in [0.29, 0.717) is 11.5 Å². The summed E-state index contributed by atoms with van der Waals surface area (Å²) in [5, 5.41) is 2.63. The van der Waals surface area contributed by atoms with E-state index in [0.717, 1.165) is 36.7 Å². The fraction of sp³-hybridized carbons (Fsp3) is 0.471. The van der Waals surface area contributed by atoms with Crippen LogP contribution in [0.3, 0.4) is 0 Å². The number of nitrogens with zero attached hydrogens (tertiary/aromatic N) is 5. The highest BCUT2D eigenvalue weighted by Crippen LogP contribution is 2.39. The SMILES string of the molecule is CNC(=O)c1cc(C)nc([C@@]2(C)CCCN2c2ccnc(C)n2)n1. The number of hydrogen-bond donors (Lipinski definition) is 1. The van der Waals surface area contributed by atoms with Gasteiger partial charge in [0.25, 0.3) is 5.91 Å². The van der Waals surface area contributed by atoms with E-state index in [9.17, 15) is 4.79 Å². The summed E-state index contributed by atoms with van der Waals surface area (Å²) < 4.78 is 0. The molecule has 2 aromatic rings. The average molecular weight is 326 g/mol. The quantitative estimate of drug-likeness (QED) is 0.925. The van der Waals surface area contributed by atoms with Crippen LogP contribution in [0.15, 0.2) is 18.3 Å². The molecule has 7 heteroatoms. The van der Waals surface area contributed by atoms with Gasteiger partial charge in [-0.25, -0.2) is 19.9 Å². The Kier molecular flexibility index (Phi) is 4.17. The Balaban J connectivity index is 2.06. The molecule has 1 aliphatic heterocycles. The standard InChI is InChI=1S/C17H22N6O/c1-11-10-13(15(24)18-4)22-16(20-11)17(3)7-5-9-23(17)14-6-8-19-12(2)21-14/h6,8,10H,5,7,9H2,1-4H3,(H,18,24)/t17-/m1/s1. The summed E-state index contributed by atoms with van der Waals surface area (Å²) in [6.45, 7) is 6.75. The van der Waals surface area contributed by atoms with Crippen molar-refractivity contribution in [2.24, 2.45) is 0 Å². The van der Waals surface area contributed by atoms with Crippen LogP contribution < -0.4 is 10.2 Å². The van der Waals surface area contributed by atoms with Crippen LogP contribution in [0.1, 0.15) is 47.6 Å². The Bertz CT molecular complexity index is 777. The number of rotatable bonds is 3. The molecule has 0 aromatic carbocycles. The van der Waals surface area contributed by atoms with E-state index in [-0.39, 0.29) is 5.91 Å². The van der Waals surface area contributed by atoms with Gasteiger partial charge in [0, 0.05) is 25.5 Å². The highest BCUT2D eigenvalue weighted by atomic mass is 16.1. The minimum atomic E-state index is -0.393. The van der Waals surface area contributed by atoms with Crippen LogP contribution in [-0.4, -0.2) is 39.4 Å². The second kappa shape index (κ2) is 6.14. The van der Waals surface area contributed by atoms with Gasteiger partial charge in [0.15, 0.2) is 5.82 Å². The Morgan fingerprint density at radius 1 is 1.29 bits per heavy atom. The van der Waals surface area contributed by atoms with Crippen LogP contribution in [0.25, 0.3) is 0 Å². The van der Waals surface area contributed by atoms with E-state index in [1.165, 1.54) is 0 Å². The summed E-state index contributed by atoms with van der Waals surface area (Å²) in [6.07, 6.45) is 3.70. The largest absolute Gasteiger partial charge is 0.354 e. The van der Waals surface area contributed by atoms with Crippen molar-refractivity contribution in [3.05, 3.63) is 41.4 Å². The fourth-order valence-corrected chi connectivity index (χ4v) is 3.21. The summed E-state index contributed by atoms with van der Waals surface area (Å²) in [4.78, 5) is 32.1. The summed E-state index contributed by atoms with van der Waals surface area (Å²) in [5.74, 6) is 2.06. The van der Waals surface area contributed by atoms with Gasteiger partial charge in [0.1, 0.15) is 17.3 Å². The monoisotopic (exact) mass is 326 g/mol. The minimum Gasteiger partial charge on any atom is -0.354 e. The van der Waals surface area contributed by atoms with Crippen molar-refractivity contribution in [2.45, 2.75) is 39.2 Å². The maximum Gasteiger partial charge on any atom is 0.269 e. The van der Waals surface area contributed by atoms with E-state index in [1.54, 1.807) is 19.3 Å². The van der Waals surface area contributed by atoms with Gasteiger partial charge in [-0.05, 0) is 45.7 Å². The van der Waals surface area contributed by atoms with Crippen molar-refractivity contribution >= 4 is 11.7 Å². The summed E-state index contributed by atoms with van der Waals surface area (Å²) in [7, 11) is 1.60. The molecule has 3 rings (SSSR count). The molecule has 1 saturated heterocycles. The molecule has 2 aromatic heterocycles. The van der Waals surface area contributed by atoms with Crippen molar-refractivity contribution in [2.75, 3.05) is 18.5 Å². The smallest absolute Gasteiger partial charge is 0.269 e. The fourth-order valence-electron chi connectivity index (χ4n) is 3.21. The molecule has 1 aliphatic rings. The van der Waals surface area contributed by atoms with Crippen LogP contribution in [0, 0.1) is 13.8 Å². The van der Waals surface area contributed by atoms with Gasteiger partial charge >= 0.3 is 0 Å². The minimum absolute atomic E-state index is 0.201. The number of anilines is 1. The topological polar surface area (TPSA) is 83.9 Å². The van der Waals surface area contributed by atoms with Crippen LogP contribution in [0.4, 0.5) is 5.82 Å². The zero-order chi connectivity index (χ0) is 17.3. The third kappa shape index (κ3) is 2.81. The average Bonchev–Trinajstić information content (AvgIpc) is 2.96. The maximum absolute atomic E-state index is 12.0. The van der Waals surface area contributed by atoms with Crippen LogP contribution in [0.5, 0.6) is 0 Å². The second-order valence-electron chi connectivity index (χ2n) is 6.29. The van der Waals surface area contributed by atoms with E-state index in [4.69, 9.17) is 0 Å². The lowest BCUT2D eigenvalue weighted by Crippen LogP contribution is -2.41. The number of aryl methyl sites for hydroxylation is 2. The molecule has 1 atom stereocenters. The number of aromatic nitrogens is 4. The van der Waals surface area contributed by atoms with Crippen molar-refractivity contribution in [3.63, 3.8) is 0 Å². The lowest BCUT2D eigenvalue weighted by molar-refractivity contribution is 0.0957. The molecule has 7 nitrogen and oxygen atoms in total. The highest BCUT2D eigenvalue weighted by Gasteiger charge is 2.42. The first-order valence-electron chi connectivity index (χ1n) is 8.09. The molecule has 0 spiro atoms. The number of amides is 1. The number of carbonyl (C=O) groups excluding carboxylic acids is 1. The van der Waals surface area contributed by atoms with Crippen molar-refractivity contribution in [3.8, 4) is 0 Å². The number of hydrogen-bond acceptors (Lipinski definition) is 6. The number of nitrogens with one attached hydrogen (secondary N) is 1. The number of carbonyl (C=O) groups is 1. The lowest BCUT2D eigenvalue weighted by atomic mass is 9.97. The van der Waals surface area contributed by atoms with Gasteiger partial charge in [0.05, 0.1) is 5.54 Å². The molecule has 126 valence electrons. The first kappa shape index (κ1) is 16.3. The Hall–Kier alpha value is -2.57. The van der Waals surface area contributed by atoms with E-state index in [2.05, 4.69) is 37.1 Å². The predicted octanol–water partition coefficient (Wildman–Crippen LogP) is 1.76. The maximum atomic E-state index is 12.0. The van der Waals surface area contributed by atoms with Crippen LogP contribution >= 0.6 is 0 Å².